The van der Waals surface area contributed by atoms with Crippen LogP contribution in [0.25, 0.3) is 11.6 Å². The Morgan fingerprint density at radius 3 is 2.44 bits per heavy atom. The highest BCUT2D eigenvalue weighted by molar-refractivity contribution is 8.18. The van der Waals surface area contributed by atoms with E-state index in [4.69, 9.17) is 0 Å². The summed E-state index contributed by atoms with van der Waals surface area (Å²) in [5.41, 5.74) is 5.11. The number of hydrogen-bond donors (Lipinski definition) is 1. The van der Waals surface area contributed by atoms with Gasteiger partial charge in [0, 0.05) is 29.0 Å². The molecule has 1 N–H and O–H groups in total. The van der Waals surface area contributed by atoms with Gasteiger partial charge in [0.15, 0.2) is 0 Å². The molecule has 0 unspecified atom stereocenters. The molecule has 4 rings (SSSR count). The van der Waals surface area contributed by atoms with E-state index >= 15 is 4.39 Å². The van der Waals surface area contributed by atoms with E-state index in [0.29, 0.717) is 24.0 Å². The number of carbonyl (C=O) groups is 3. The maximum atomic E-state index is 15.2. The van der Waals surface area contributed by atoms with Crippen LogP contribution in [0.15, 0.2) is 41.3 Å². The topological polar surface area (TPSA) is 69.7 Å². The van der Waals surface area contributed by atoms with E-state index in [-0.39, 0.29) is 16.0 Å². The van der Waals surface area contributed by atoms with Gasteiger partial charge in [-0.05, 0) is 88.2 Å². The maximum Gasteiger partial charge on any atom is 0.294 e. The molecule has 1 fully saturated rings. The third-order valence-electron chi connectivity index (χ3n) is 6.62. The van der Waals surface area contributed by atoms with E-state index in [0.717, 1.165) is 32.9 Å². The molecular formula is C28H30FN3O3S. The second kappa shape index (κ2) is 9.58. The number of aryl methyl sites for hydroxylation is 2. The first kappa shape index (κ1) is 25.7. The summed E-state index contributed by atoms with van der Waals surface area (Å²) in [5.74, 6) is -1.56. The van der Waals surface area contributed by atoms with Crippen molar-refractivity contribution < 1.29 is 18.8 Å². The second-order valence-electron chi connectivity index (χ2n) is 9.70. The lowest BCUT2D eigenvalue weighted by Gasteiger charge is -2.42. The third-order valence-corrected chi connectivity index (χ3v) is 7.53. The van der Waals surface area contributed by atoms with Gasteiger partial charge in [0.25, 0.3) is 11.1 Å². The summed E-state index contributed by atoms with van der Waals surface area (Å²) >= 11 is 0.710. The number of benzene rings is 2. The highest BCUT2D eigenvalue weighted by atomic mass is 32.2. The molecule has 0 radical (unpaired) electrons. The largest absolute Gasteiger partial charge is 0.363 e. The summed E-state index contributed by atoms with van der Waals surface area (Å²) in [4.78, 5) is 41.3. The van der Waals surface area contributed by atoms with Gasteiger partial charge in [0.05, 0.1) is 10.4 Å². The highest BCUT2D eigenvalue weighted by Gasteiger charge is 2.37. The quantitative estimate of drug-likeness (QED) is 0.493. The molecule has 0 saturated carbocycles. The van der Waals surface area contributed by atoms with Crippen molar-refractivity contribution in [1.29, 1.82) is 0 Å². The van der Waals surface area contributed by atoms with Gasteiger partial charge in [0.2, 0.25) is 5.91 Å². The summed E-state index contributed by atoms with van der Waals surface area (Å²) in [7, 11) is 0. The minimum Gasteiger partial charge on any atom is -0.363 e. The minimum atomic E-state index is -0.609. The van der Waals surface area contributed by atoms with E-state index in [1.54, 1.807) is 6.07 Å². The molecule has 0 aromatic heterocycles. The number of halogens is 1. The van der Waals surface area contributed by atoms with Crippen molar-refractivity contribution in [3.8, 4) is 0 Å². The molecule has 6 nitrogen and oxygen atoms in total. The smallest absolute Gasteiger partial charge is 0.294 e. The Morgan fingerprint density at radius 1 is 1.14 bits per heavy atom. The molecule has 0 bridgehead atoms. The molecule has 2 aromatic carbocycles. The van der Waals surface area contributed by atoms with Gasteiger partial charge < -0.3 is 10.2 Å². The summed E-state index contributed by atoms with van der Waals surface area (Å²) in [6, 6.07) is 8.84. The maximum absolute atomic E-state index is 15.2. The molecule has 2 heterocycles. The monoisotopic (exact) mass is 507 g/mol. The minimum absolute atomic E-state index is 0.0869. The number of anilines is 2. The van der Waals surface area contributed by atoms with E-state index in [1.807, 2.05) is 45.9 Å². The van der Waals surface area contributed by atoms with Gasteiger partial charge in [-0.25, -0.2) is 4.39 Å². The van der Waals surface area contributed by atoms with Crippen molar-refractivity contribution in [2.75, 3.05) is 23.3 Å². The molecule has 36 heavy (non-hydrogen) atoms. The van der Waals surface area contributed by atoms with Crippen molar-refractivity contribution in [2.24, 2.45) is 0 Å². The van der Waals surface area contributed by atoms with Crippen LogP contribution >= 0.6 is 11.8 Å². The predicted octanol–water partition coefficient (Wildman–Crippen LogP) is 6.14. The Kier molecular flexibility index (Phi) is 6.84. The van der Waals surface area contributed by atoms with Gasteiger partial charge in [-0.15, -0.1) is 0 Å². The van der Waals surface area contributed by atoms with Gasteiger partial charge in [0.1, 0.15) is 12.4 Å². The SMILES string of the molecule is CCN1c2cc(F)c(/C=C3/SC(=O)N(CC(=O)Nc4c(C)cccc4C)C3=O)cc2C(C)=CC1(C)C. The highest BCUT2D eigenvalue weighted by Crippen LogP contribution is 2.41. The number of hydrogen-bond acceptors (Lipinski definition) is 5. The van der Waals surface area contributed by atoms with Crippen molar-refractivity contribution in [1.82, 2.24) is 4.90 Å². The number of allylic oxidation sites excluding steroid dienone is 1. The summed E-state index contributed by atoms with van der Waals surface area (Å²) in [5, 5.41) is 2.23. The van der Waals surface area contributed by atoms with Crippen molar-refractivity contribution in [3.05, 3.63) is 69.4 Å². The van der Waals surface area contributed by atoms with Crippen LogP contribution in [0.3, 0.4) is 0 Å². The number of nitrogens with one attached hydrogen (secondary N) is 1. The van der Waals surface area contributed by atoms with Gasteiger partial charge in [-0.1, -0.05) is 24.3 Å². The van der Waals surface area contributed by atoms with Crippen LogP contribution in [0.5, 0.6) is 0 Å². The Bertz CT molecular complexity index is 1330. The van der Waals surface area contributed by atoms with Gasteiger partial charge in [-0.3, -0.25) is 19.3 Å². The number of thioether (sulfide) groups is 1. The van der Waals surface area contributed by atoms with Crippen molar-refractivity contribution >= 4 is 51.8 Å². The lowest BCUT2D eigenvalue weighted by Crippen LogP contribution is -2.45. The molecule has 2 aliphatic rings. The Hall–Kier alpha value is -3.39. The first-order valence-corrected chi connectivity index (χ1v) is 12.7. The van der Waals surface area contributed by atoms with Crippen LogP contribution in [-0.2, 0) is 9.59 Å². The Balaban J connectivity index is 1.58. The number of rotatable bonds is 5. The van der Waals surface area contributed by atoms with Crippen molar-refractivity contribution in [3.63, 3.8) is 0 Å². The molecule has 3 amide bonds. The Labute approximate surface area is 215 Å². The number of amides is 3. The van der Waals surface area contributed by atoms with Crippen LogP contribution in [0.4, 0.5) is 20.6 Å². The number of carbonyl (C=O) groups excluding carboxylic acids is 3. The normalized spacial score (nSPS) is 18.0. The van der Waals surface area contributed by atoms with Gasteiger partial charge >= 0.3 is 0 Å². The summed E-state index contributed by atoms with van der Waals surface area (Å²) in [6.07, 6.45) is 3.54. The zero-order valence-electron chi connectivity index (χ0n) is 21.4. The number of imide groups is 1. The molecule has 0 spiro atoms. The molecular weight excluding hydrogens is 477 g/mol. The third kappa shape index (κ3) is 4.69. The van der Waals surface area contributed by atoms with Crippen LogP contribution in [-0.4, -0.2) is 40.6 Å². The molecule has 8 heteroatoms. The summed E-state index contributed by atoms with van der Waals surface area (Å²) < 4.78 is 15.2. The first-order valence-electron chi connectivity index (χ1n) is 11.9. The van der Waals surface area contributed by atoms with E-state index in [2.05, 4.69) is 30.1 Å². The van der Waals surface area contributed by atoms with Gasteiger partial charge in [-0.2, -0.15) is 0 Å². The van der Waals surface area contributed by atoms with Crippen LogP contribution in [0, 0.1) is 19.7 Å². The number of para-hydroxylation sites is 1. The fraction of sp³-hybridized carbons (Fsp3) is 0.321. The Morgan fingerprint density at radius 2 is 1.81 bits per heavy atom. The van der Waals surface area contributed by atoms with Crippen LogP contribution < -0.4 is 10.2 Å². The molecule has 2 aromatic rings. The molecule has 0 atom stereocenters. The van der Waals surface area contributed by atoms with Crippen molar-refractivity contribution in [2.45, 2.75) is 47.1 Å². The number of fused-ring (bicyclic) bond motifs is 1. The molecule has 0 aliphatic carbocycles. The number of nitrogens with zero attached hydrogens (tertiary/aromatic N) is 2. The lowest BCUT2D eigenvalue weighted by atomic mass is 9.88. The lowest BCUT2D eigenvalue weighted by molar-refractivity contribution is -0.127. The van der Waals surface area contributed by atoms with E-state index < -0.39 is 29.4 Å². The zero-order chi connectivity index (χ0) is 26.4. The average molecular weight is 508 g/mol. The second-order valence-corrected chi connectivity index (χ2v) is 10.7. The van der Waals surface area contributed by atoms with E-state index in [1.165, 1.54) is 12.1 Å². The summed E-state index contributed by atoms with van der Waals surface area (Å²) in [6.45, 7) is 12.2. The van der Waals surface area contributed by atoms with Crippen LogP contribution in [0.1, 0.15) is 49.9 Å². The van der Waals surface area contributed by atoms with Crippen LogP contribution in [0.2, 0.25) is 0 Å². The fourth-order valence-electron chi connectivity index (χ4n) is 4.91. The standard InChI is InChI=1S/C28H30FN3O3S/c1-7-32-22-13-21(29)19(11-20(22)18(4)14-28(32,5)6)12-23-26(34)31(27(35)36-23)15-24(33)30-25-16(2)9-8-10-17(25)3/h8-14H,7,15H2,1-6H3,(H,30,33)/b23-12+. The first-order chi connectivity index (χ1) is 16.9. The molecule has 1 saturated heterocycles. The fourth-order valence-corrected chi connectivity index (χ4v) is 5.74. The zero-order valence-corrected chi connectivity index (χ0v) is 22.2. The van der Waals surface area contributed by atoms with E-state index in [9.17, 15) is 14.4 Å². The predicted molar refractivity (Wildman–Crippen MR) is 144 cm³/mol. The molecule has 188 valence electrons. The average Bonchev–Trinajstić information content (AvgIpc) is 3.04. The molecule has 2 aliphatic heterocycles. The number of likely N-dealkylation sites (N-methyl/N-ethyl adjacent to an activating group) is 1.